The van der Waals surface area contributed by atoms with Crippen LogP contribution < -0.4 is 9.47 Å². The van der Waals surface area contributed by atoms with Crippen LogP contribution in [0.2, 0.25) is 30.1 Å². The van der Waals surface area contributed by atoms with Gasteiger partial charge >= 0.3 is 23.9 Å². The third kappa shape index (κ3) is 11.0. The number of rotatable bonds is 16. The Balaban J connectivity index is 2.37. The molecule has 0 fully saturated rings. The fraction of sp³-hybridized carbons (Fsp3) is 0.529. The van der Waals surface area contributed by atoms with Crippen LogP contribution in [0.1, 0.15) is 101 Å². The molecule has 8 nitrogen and oxygen atoms in total. The van der Waals surface area contributed by atoms with Crippen LogP contribution in [0.5, 0.6) is 11.5 Å². The summed E-state index contributed by atoms with van der Waals surface area (Å²) < 4.78 is 21.5. The molecule has 0 N–H and O–H groups in total. The number of benzene rings is 2. The molecule has 0 aliphatic heterocycles. The zero-order chi connectivity index (χ0) is 36.3. The molecule has 2 rings (SSSR count). The monoisotopic (exact) mass is 786 g/mol. The van der Waals surface area contributed by atoms with Crippen LogP contribution in [-0.4, -0.2) is 37.1 Å². The van der Waals surface area contributed by atoms with E-state index in [4.69, 9.17) is 88.6 Å². The first-order valence-corrected chi connectivity index (χ1v) is 18.0. The number of ether oxygens (including phenoxy) is 4. The Kier molecular flexibility index (Phi) is 17.6. The molecule has 2 aromatic rings. The van der Waals surface area contributed by atoms with Crippen molar-refractivity contribution in [3.05, 3.63) is 53.4 Å². The predicted molar refractivity (Wildman–Crippen MR) is 190 cm³/mol. The van der Waals surface area contributed by atoms with E-state index in [0.29, 0.717) is 0 Å². The van der Waals surface area contributed by atoms with Gasteiger partial charge in [-0.15, -0.1) is 0 Å². The third-order valence-electron chi connectivity index (χ3n) is 8.22. The molecule has 0 radical (unpaired) electrons. The van der Waals surface area contributed by atoms with Crippen LogP contribution in [0.15, 0.2) is 12.1 Å². The van der Waals surface area contributed by atoms with Gasteiger partial charge in [-0.25, -0.2) is 19.2 Å². The molecular weight excluding hydrogens is 749 g/mol. The molecule has 0 bridgehead atoms. The lowest BCUT2D eigenvalue weighted by molar-refractivity contribution is -0.156. The van der Waals surface area contributed by atoms with Crippen LogP contribution in [0, 0.1) is 23.7 Å². The molecule has 14 heteroatoms. The van der Waals surface area contributed by atoms with E-state index in [1.54, 1.807) is 0 Å². The highest BCUT2D eigenvalue weighted by Crippen LogP contribution is 2.42. The van der Waals surface area contributed by atoms with E-state index in [-0.39, 0.29) is 67.0 Å². The van der Waals surface area contributed by atoms with Gasteiger partial charge in [0.15, 0.2) is 11.5 Å². The van der Waals surface area contributed by atoms with Gasteiger partial charge in [0.05, 0.1) is 43.3 Å². The number of halogens is 6. The molecule has 0 saturated heterocycles. The molecule has 0 aromatic heterocycles. The second kappa shape index (κ2) is 20.0. The van der Waals surface area contributed by atoms with E-state index in [9.17, 15) is 19.2 Å². The highest BCUT2D eigenvalue weighted by atomic mass is 35.5. The summed E-state index contributed by atoms with van der Waals surface area (Å²) in [6.45, 7) is 12.3. The molecule has 0 aliphatic rings. The third-order valence-corrected chi connectivity index (χ3v) is 10.4. The van der Waals surface area contributed by atoms with Crippen molar-refractivity contribution in [3.8, 4) is 11.5 Å². The summed E-state index contributed by atoms with van der Waals surface area (Å²) in [5.41, 5.74) is -0.930. The molecule has 0 amide bonds. The normalized spacial score (nSPS) is 13.7. The van der Waals surface area contributed by atoms with Crippen molar-refractivity contribution in [3.63, 3.8) is 0 Å². The predicted octanol–water partition coefficient (Wildman–Crippen LogP) is 11.4. The summed E-state index contributed by atoms with van der Waals surface area (Å²) in [5.74, 6) is -5.77. The van der Waals surface area contributed by atoms with Crippen molar-refractivity contribution in [2.45, 2.75) is 80.1 Å². The highest BCUT2D eigenvalue weighted by Gasteiger charge is 2.33. The van der Waals surface area contributed by atoms with Crippen LogP contribution in [-0.2, 0) is 19.1 Å². The van der Waals surface area contributed by atoms with Gasteiger partial charge in [0.2, 0.25) is 0 Å². The van der Waals surface area contributed by atoms with Crippen LogP contribution in [0.25, 0.3) is 0 Å². The number of carbonyl (C=O) groups excluding carboxylic acids is 4. The van der Waals surface area contributed by atoms with Crippen molar-refractivity contribution >= 4 is 93.5 Å². The zero-order valence-corrected chi connectivity index (χ0v) is 32.2. The molecule has 4 unspecified atom stereocenters. The summed E-state index contributed by atoms with van der Waals surface area (Å²) in [6.07, 6.45) is 5.29. The van der Waals surface area contributed by atoms with Gasteiger partial charge < -0.3 is 18.9 Å². The van der Waals surface area contributed by atoms with Crippen LogP contribution >= 0.6 is 69.6 Å². The molecule has 266 valence electrons. The maximum atomic E-state index is 13.2. The van der Waals surface area contributed by atoms with Crippen molar-refractivity contribution < 1.29 is 38.1 Å². The first-order valence-electron chi connectivity index (χ1n) is 15.8. The Labute approximate surface area is 311 Å². The summed E-state index contributed by atoms with van der Waals surface area (Å²) in [5, 5.41) is -1.50. The Morgan fingerprint density at radius 1 is 0.583 bits per heavy atom. The molecule has 48 heavy (non-hydrogen) atoms. The maximum Gasteiger partial charge on any atom is 0.423 e. The first kappa shape index (κ1) is 42.2. The zero-order valence-electron chi connectivity index (χ0n) is 27.7. The fourth-order valence-corrected chi connectivity index (χ4v) is 6.69. The molecule has 0 aliphatic carbocycles. The van der Waals surface area contributed by atoms with Gasteiger partial charge in [0.1, 0.15) is 11.1 Å². The largest absolute Gasteiger partial charge is 0.462 e. The highest BCUT2D eigenvalue weighted by molar-refractivity contribution is 6.47. The first-order chi connectivity index (χ1) is 22.6. The lowest BCUT2D eigenvalue weighted by Crippen LogP contribution is -2.28. The Morgan fingerprint density at radius 2 is 0.917 bits per heavy atom. The number of hydrogen-bond acceptors (Lipinski definition) is 8. The fourth-order valence-electron chi connectivity index (χ4n) is 5.25. The summed E-state index contributed by atoms with van der Waals surface area (Å²) in [6, 6.07) is 2.26. The molecule has 0 spiro atoms. The van der Waals surface area contributed by atoms with Crippen molar-refractivity contribution in [1.82, 2.24) is 0 Å². The number of carbonyl (C=O) groups is 4. The second-order valence-electron chi connectivity index (χ2n) is 11.6. The number of hydrogen-bond donors (Lipinski definition) is 0. The molecule has 2 aromatic carbocycles. The van der Waals surface area contributed by atoms with Crippen LogP contribution in [0.4, 0.5) is 0 Å². The van der Waals surface area contributed by atoms with E-state index in [1.807, 2.05) is 13.8 Å². The molecule has 0 saturated carbocycles. The van der Waals surface area contributed by atoms with E-state index in [1.165, 1.54) is 0 Å². The van der Waals surface area contributed by atoms with Gasteiger partial charge in [0.25, 0.3) is 0 Å². The molecule has 0 heterocycles. The van der Waals surface area contributed by atoms with Crippen molar-refractivity contribution in [1.29, 1.82) is 0 Å². The number of esters is 4. The van der Waals surface area contributed by atoms with Gasteiger partial charge in [-0.3, -0.25) is 0 Å². The van der Waals surface area contributed by atoms with Gasteiger partial charge in [-0.2, -0.15) is 0 Å². The van der Waals surface area contributed by atoms with E-state index in [0.717, 1.165) is 50.7 Å². The minimum Gasteiger partial charge on any atom is -0.462 e. The van der Waals surface area contributed by atoms with E-state index in [2.05, 4.69) is 27.7 Å². The topological polar surface area (TPSA) is 105 Å². The minimum absolute atomic E-state index is 0.0488. The Hall–Kier alpha value is -1.94. The quantitative estimate of drug-likeness (QED) is 0.0716. The lowest BCUT2D eigenvalue weighted by atomic mass is 9.89. The Morgan fingerprint density at radius 3 is 1.21 bits per heavy atom. The Bertz CT molecular complexity index is 1370. The minimum atomic E-state index is -1.65. The summed E-state index contributed by atoms with van der Waals surface area (Å²) in [7, 11) is 0. The van der Waals surface area contributed by atoms with Crippen molar-refractivity contribution in [2.75, 3.05) is 13.2 Å². The summed E-state index contributed by atoms with van der Waals surface area (Å²) >= 11 is 37.6. The average molecular weight is 789 g/mol. The summed E-state index contributed by atoms with van der Waals surface area (Å²) in [4.78, 5) is 52.6. The molecule has 4 atom stereocenters. The average Bonchev–Trinajstić information content (AvgIpc) is 3.03. The van der Waals surface area contributed by atoms with Crippen molar-refractivity contribution in [2.24, 2.45) is 23.7 Å². The SMILES string of the molecule is CCCC(C)C(CC)COC(=O)c1c(Cl)c(Cl)cc(Cl)c1OC(=O)C(=O)Oc1c(Cl)cc(Cl)c(Cl)c1C(=O)OCC(CC)C(C)CCC. The van der Waals surface area contributed by atoms with Gasteiger partial charge in [0, 0.05) is 0 Å². The maximum absolute atomic E-state index is 13.2. The second-order valence-corrected chi connectivity index (χ2v) is 13.9. The van der Waals surface area contributed by atoms with E-state index >= 15 is 0 Å². The lowest BCUT2D eigenvalue weighted by Gasteiger charge is -2.22. The standard InChI is InChI=1S/C34H40Cl6O8/c1-7-11-17(5)19(9-3)15-45-31(41)25-27(39)21(35)13-23(37)29(25)47-33(43)34(44)48-30-24(38)14-22(36)28(40)26(30)32(42)46-16-20(10-4)18(6)12-8-2/h13-14,17-20H,7-12,15-16H2,1-6H3. The smallest absolute Gasteiger partial charge is 0.423 e. The van der Waals surface area contributed by atoms with Crippen LogP contribution in [0.3, 0.4) is 0 Å². The van der Waals surface area contributed by atoms with E-state index < -0.39 is 46.5 Å². The molecular formula is C34H40Cl6O8. The van der Waals surface area contributed by atoms with Gasteiger partial charge in [-0.05, 0) is 48.6 Å². The van der Waals surface area contributed by atoms with Gasteiger partial charge in [-0.1, -0.05) is 137 Å².